The fraction of sp³-hybridized carbons (Fsp3) is 0.278. The summed E-state index contributed by atoms with van der Waals surface area (Å²) in [6.07, 6.45) is 1.40. The third kappa shape index (κ3) is 5.03. The molecule has 0 aliphatic rings. The number of hydrogen-bond donors (Lipinski definition) is 1. The van der Waals surface area contributed by atoms with Gasteiger partial charge in [0.05, 0.1) is 11.9 Å². The molecule has 0 fully saturated rings. The Morgan fingerprint density at radius 2 is 1.72 bits per heavy atom. The Hall–Kier alpha value is -2.41. The quantitative estimate of drug-likeness (QED) is 0.821. The van der Waals surface area contributed by atoms with Gasteiger partial charge in [-0.05, 0) is 36.2 Å². The molecule has 0 aromatic heterocycles. The van der Waals surface area contributed by atoms with Gasteiger partial charge in [-0.25, -0.2) is 12.8 Å². The van der Waals surface area contributed by atoms with Crippen LogP contribution in [0.1, 0.15) is 18.9 Å². The number of hydrogen-bond acceptors (Lipinski definition) is 3. The Morgan fingerprint density at radius 1 is 1.12 bits per heavy atom. The Labute approximate surface area is 147 Å². The zero-order valence-electron chi connectivity index (χ0n) is 14.1. The highest BCUT2D eigenvalue weighted by Crippen LogP contribution is 2.22. The Kier molecular flexibility index (Phi) is 6.14. The predicted molar refractivity (Wildman–Crippen MR) is 96.1 cm³/mol. The number of benzene rings is 2. The number of nitrogens with one attached hydrogen (secondary N) is 1. The van der Waals surface area contributed by atoms with Crippen molar-refractivity contribution in [2.75, 3.05) is 10.6 Å². The van der Waals surface area contributed by atoms with Crippen LogP contribution in [-0.2, 0) is 21.4 Å². The second kappa shape index (κ2) is 8.11. The lowest BCUT2D eigenvalue weighted by atomic mass is 10.1. The summed E-state index contributed by atoms with van der Waals surface area (Å²) in [6, 6.07) is 13.4. The Balaban J connectivity index is 2.19. The highest BCUT2D eigenvalue weighted by Gasteiger charge is 2.31. The van der Waals surface area contributed by atoms with E-state index in [1.807, 2.05) is 0 Å². The van der Waals surface area contributed by atoms with Gasteiger partial charge in [0.2, 0.25) is 15.9 Å². The molecule has 0 saturated heterocycles. The second-order valence-electron chi connectivity index (χ2n) is 5.66. The standard InChI is InChI=1S/C18H21FN2O3S/c1-3-17(18(22)20-13-14-9-11-15(19)12-10-14)21(25(2,23)24)16-7-5-4-6-8-16/h4-12,17H,3,13H2,1-2H3,(H,20,22)/t17-/m1/s1. The fourth-order valence-electron chi connectivity index (χ4n) is 2.54. The number of sulfonamides is 1. The summed E-state index contributed by atoms with van der Waals surface area (Å²) in [5, 5.41) is 2.72. The predicted octanol–water partition coefficient (Wildman–Crippen LogP) is 2.69. The first kappa shape index (κ1) is 18.9. The average Bonchev–Trinajstić information content (AvgIpc) is 2.58. The minimum absolute atomic E-state index is 0.196. The molecule has 0 spiro atoms. The van der Waals surface area contributed by atoms with E-state index in [0.29, 0.717) is 12.1 Å². The van der Waals surface area contributed by atoms with Crippen LogP contribution in [-0.4, -0.2) is 26.6 Å². The maximum Gasteiger partial charge on any atom is 0.244 e. The summed E-state index contributed by atoms with van der Waals surface area (Å²) in [5.41, 5.74) is 1.17. The summed E-state index contributed by atoms with van der Waals surface area (Å²) < 4.78 is 38.6. The number of para-hydroxylation sites is 1. The van der Waals surface area contributed by atoms with Gasteiger partial charge in [0.15, 0.2) is 0 Å². The maximum absolute atomic E-state index is 12.9. The first-order valence-corrected chi connectivity index (χ1v) is 9.74. The van der Waals surface area contributed by atoms with Gasteiger partial charge in [0, 0.05) is 6.54 Å². The van der Waals surface area contributed by atoms with Crippen LogP contribution in [0, 0.1) is 5.82 Å². The molecule has 134 valence electrons. The van der Waals surface area contributed by atoms with E-state index in [0.717, 1.165) is 16.1 Å². The summed E-state index contributed by atoms with van der Waals surface area (Å²) in [7, 11) is -3.64. The number of carbonyl (C=O) groups is 1. The highest BCUT2D eigenvalue weighted by atomic mass is 32.2. The molecule has 0 unspecified atom stereocenters. The molecule has 0 aliphatic carbocycles. The van der Waals surface area contributed by atoms with Gasteiger partial charge in [-0.3, -0.25) is 9.10 Å². The number of nitrogens with zero attached hydrogens (tertiary/aromatic N) is 1. The summed E-state index contributed by atoms with van der Waals surface area (Å²) in [6.45, 7) is 1.95. The van der Waals surface area contributed by atoms with Gasteiger partial charge < -0.3 is 5.32 Å². The molecule has 0 radical (unpaired) electrons. The van der Waals surface area contributed by atoms with E-state index in [1.54, 1.807) is 49.4 Å². The lowest BCUT2D eigenvalue weighted by molar-refractivity contribution is -0.122. The Bertz CT molecular complexity index is 808. The fourth-order valence-corrected chi connectivity index (χ4v) is 3.76. The zero-order chi connectivity index (χ0) is 18.4. The smallest absolute Gasteiger partial charge is 0.244 e. The van der Waals surface area contributed by atoms with Gasteiger partial charge in [0.1, 0.15) is 11.9 Å². The van der Waals surface area contributed by atoms with Crippen LogP contribution in [0.2, 0.25) is 0 Å². The molecule has 1 N–H and O–H groups in total. The van der Waals surface area contributed by atoms with E-state index >= 15 is 0 Å². The van der Waals surface area contributed by atoms with Crippen LogP contribution in [0.5, 0.6) is 0 Å². The van der Waals surface area contributed by atoms with Crippen molar-refractivity contribution in [1.29, 1.82) is 0 Å². The minimum Gasteiger partial charge on any atom is -0.350 e. The van der Waals surface area contributed by atoms with E-state index in [1.165, 1.54) is 12.1 Å². The number of rotatable bonds is 7. The van der Waals surface area contributed by atoms with Gasteiger partial charge in [-0.2, -0.15) is 0 Å². The first-order valence-electron chi connectivity index (χ1n) is 7.89. The topological polar surface area (TPSA) is 66.5 Å². The van der Waals surface area contributed by atoms with Gasteiger partial charge in [0.25, 0.3) is 0 Å². The molecule has 1 amide bonds. The van der Waals surface area contributed by atoms with E-state index in [9.17, 15) is 17.6 Å². The van der Waals surface area contributed by atoms with Crippen LogP contribution in [0.25, 0.3) is 0 Å². The van der Waals surface area contributed by atoms with E-state index in [-0.39, 0.29) is 12.4 Å². The molecule has 0 saturated carbocycles. The van der Waals surface area contributed by atoms with Gasteiger partial charge >= 0.3 is 0 Å². The van der Waals surface area contributed by atoms with Crippen LogP contribution in [0.3, 0.4) is 0 Å². The van der Waals surface area contributed by atoms with Crippen molar-refractivity contribution >= 4 is 21.6 Å². The van der Waals surface area contributed by atoms with Crippen LogP contribution >= 0.6 is 0 Å². The van der Waals surface area contributed by atoms with Crippen molar-refractivity contribution in [3.63, 3.8) is 0 Å². The molecule has 0 bridgehead atoms. The third-order valence-corrected chi connectivity index (χ3v) is 4.90. The largest absolute Gasteiger partial charge is 0.350 e. The highest BCUT2D eigenvalue weighted by molar-refractivity contribution is 7.92. The van der Waals surface area contributed by atoms with Crippen molar-refractivity contribution in [3.05, 3.63) is 66.0 Å². The lowest BCUT2D eigenvalue weighted by Gasteiger charge is -2.30. The number of amides is 1. The molecule has 0 aliphatic heterocycles. The molecular weight excluding hydrogens is 343 g/mol. The molecule has 1 atom stereocenters. The molecule has 2 rings (SSSR count). The average molecular weight is 364 g/mol. The van der Waals surface area contributed by atoms with E-state index < -0.39 is 22.0 Å². The second-order valence-corrected chi connectivity index (χ2v) is 7.52. The van der Waals surface area contributed by atoms with Crippen molar-refractivity contribution in [1.82, 2.24) is 5.32 Å². The molecule has 7 heteroatoms. The third-order valence-electron chi connectivity index (χ3n) is 3.72. The van der Waals surface area contributed by atoms with E-state index in [4.69, 9.17) is 0 Å². The molecule has 0 heterocycles. The lowest BCUT2D eigenvalue weighted by Crippen LogP contribution is -2.49. The van der Waals surface area contributed by atoms with Gasteiger partial charge in [-0.1, -0.05) is 37.3 Å². The van der Waals surface area contributed by atoms with Crippen LogP contribution < -0.4 is 9.62 Å². The normalized spacial score (nSPS) is 12.4. The molecule has 2 aromatic carbocycles. The SMILES string of the molecule is CC[C@H](C(=O)NCc1ccc(F)cc1)N(c1ccccc1)S(C)(=O)=O. The summed E-state index contributed by atoms with van der Waals surface area (Å²) in [5.74, 6) is -0.755. The van der Waals surface area contributed by atoms with Crippen LogP contribution in [0.4, 0.5) is 10.1 Å². The minimum atomic E-state index is -3.64. The first-order chi connectivity index (χ1) is 11.8. The summed E-state index contributed by atoms with van der Waals surface area (Å²) >= 11 is 0. The molecule has 2 aromatic rings. The maximum atomic E-state index is 12.9. The van der Waals surface area contributed by atoms with Crippen molar-refractivity contribution in [3.8, 4) is 0 Å². The van der Waals surface area contributed by atoms with Crippen molar-refractivity contribution < 1.29 is 17.6 Å². The molecular formula is C18H21FN2O3S. The monoisotopic (exact) mass is 364 g/mol. The summed E-state index contributed by atoms with van der Waals surface area (Å²) in [4.78, 5) is 12.6. The zero-order valence-corrected chi connectivity index (χ0v) is 15.0. The molecule has 25 heavy (non-hydrogen) atoms. The number of anilines is 1. The molecule has 5 nitrogen and oxygen atoms in total. The van der Waals surface area contributed by atoms with Crippen molar-refractivity contribution in [2.45, 2.75) is 25.9 Å². The number of halogens is 1. The van der Waals surface area contributed by atoms with E-state index in [2.05, 4.69) is 5.32 Å². The van der Waals surface area contributed by atoms with Crippen molar-refractivity contribution in [2.24, 2.45) is 0 Å². The Morgan fingerprint density at radius 3 is 2.24 bits per heavy atom. The number of carbonyl (C=O) groups excluding carboxylic acids is 1. The van der Waals surface area contributed by atoms with Gasteiger partial charge in [-0.15, -0.1) is 0 Å². The van der Waals surface area contributed by atoms with Crippen LogP contribution in [0.15, 0.2) is 54.6 Å².